The molecule has 0 atom stereocenters. The monoisotopic (exact) mass is 450 g/mol. The van der Waals surface area contributed by atoms with Crippen molar-refractivity contribution in [1.29, 1.82) is 0 Å². The molecular weight excluding hydrogens is 424 g/mol. The van der Waals surface area contributed by atoms with Gasteiger partial charge in [-0.15, -0.1) is 0 Å². The summed E-state index contributed by atoms with van der Waals surface area (Å²) in [5.41, 5.74) is 0.512. The number of hydrogen-bond donors (Lipinski definition) is 1. The van der Waals surface area contributed by atoms with Crippen molar-refractivity contribution in [1.82, 2.24) is 4.31 Å². The van der Waals surface area contributed by atoms with Crippen LogP contribution in [0.3, 0.4) is 0 Å². The Kier molecular flexibility index (Phi) is 7.01. The van der Waals surface area contributed by atoms with Gasteiger partial charge >= 0.3 is 5.97 Å². The number of amides is 1. The van der Waals surface area contributed by atoms with Crippen LogP contribution in [0.1, 0.15) is 41.1 Å². The Hall–Kier alpha value is -2.85. The molecule has 1 amide bonds. The zero-order valence-electron chi connectivity index (χ0n) is 17.8. The van der Waals surface area contributed by atoms with E-state index in [1.54, 1.807) is 13.8 Å². The molecule has 1 aliphatic heterocycles. The number of sulfonamides is 1. The van der Waals surface area contributed by atoms with Gasteiger partial charge in [-0.3, -0.25) is 4.79 Å². The standard InChI is InChI=1S/C21H26N2O7S/c1-14-11-17(15(2)30-14)21(25)29-13-20(24)22-16-7-8-18(28-3)19(12-16)31(26,27)23-9-5-4-6-10-23/h7-8,11-12H,4-6,9-10,13H2,1-3H3,(H,22,24). The topological polar surface area (TPSA) is 115 Å². The Labute approximate surface area is 181 Å². The zero-order chi connectivity index (χ0) is 22.6. The molecule has 1 fully saturated rings. The lowest BCUT2D eigenvalue weighted by Gasteiger charge is -2.26. The van der Waals surface area contributed by atoms with Gasteiger partial charge in [-0.05, 0) is 51.0 Å². The number of nitrogens with one attached hydrogen (secondary N) is 1. The van der Waals surface area contributed by atoms with E-state index in [9.17, 15) is 18.0 Å². The number of nitrogens with zero attached hydrogens (tertiary/aromatic N) is 1. The molecule has 168 valence electrons. The summed E-state index contributed by atoms with van der Waals surface area (Å²) in [6.45, 7) is 3.71. The summed E-state index contributed by atoms with van der Waals surface area (Å²) >= 11 is 0. The Balaban J connectivity index is 1.70. The van der Waals surface area contributed by atoms with Crippen LogP contribution in [0, 0.1) is 13.8 Å². The fourth-order valence-corrected chi connectivity index (χ4v) is 5.14. The van der Waals surface area contributed by atoms with Crippen molar-refractivity contribution in [3.63, 3.8) is 0 Å². The molecule has 1 N–H and O–H groups in total. The molecular formula is C21H26N2O7S. The predicted octanol–water partition coefficient (Wildman–Crippen LogP) is 2.88. The third kappa shape index (κ3) is 5.26. The van der Waals surface area contributed by atoms with E-state index in [1.165, 1.54) is 35.7 Å². The SMILES string of the molecule is COc1ccc(NC(=O)COC(=O)c2cc(C)oc2C)cc1S(=O)(=O)N1CCCCC1. The Morgan fingerprint density at radius 1 is 1.13 bits per heavy atom. The van der Waals surface area contributed by atoms with E-state index in [-0.39, 0.29) is 21.9 Å². The zero-order valence-corrected chi connectivity index (χ0v) is 18.6. The second kappa shape index (κ2) is 9.52. The van der Waals surface area contributed by atoms with Crippen LogP contribution in [0.4, 0.5) is 5.69 Å². The highest BCUT2D eigenvalue weighted by molar-refractivity contribution is 7.89. The maximum atomic E-state index is 13.1. The molecule has 1 saturated heterocycles. The van der Waals surface area contributed by atoms with Crippen molar-refractivity contribution in [3.8, 4) is 5.75 Å². The summed E-state index contributed by atoms with van der Waals surface area (Å²) in [6, 6.07) is 5.90. The minimum Gasteiger partial charge on any atom is -0.495 e. The summed E-state index contributed by atoms with van der Waals surface area (Å²) < 4.78 is 43.1. The average molecular weight is 451 g/mol. The van der Waals surface area contributed by atoms with E-state index in [1.807, 2.05) is 0 Å². The van der Waals surface area contributed by atoms with Crippen molar-refractivity contribution >= 4 is 27.6 Å². The first-order chi connectivity index (χ1) is 14.7. The van der Waals surface area contributed by atoms with E-state index < -0.39 is 28.5 Å². The van der Waals surface area contributed by atoms with Crippen LogP contribution in [0.5, 0.6) is 5.75 Å². The summed E-state index contributed by atoms with van der Waals surface area (Å²) in [5.74, 6) is -0.105. The summed E-state index contributed by atoms with van der Waals surface area (Å²) in [5, 5.41) is 2.56. The first kappa shape index (κ1) is 22.8. The van der Waals surface area contributed by atoms with Crippen LogP contribution in [0.15, 0.2) is 33.6 Å². The van der Waals surface area contributed by atoms with E-state index in [2.05, 4.69) is 5.32 Å². The maximum Gasteiger partial charge on any atom is 0.342 e. The number of esters is 1. The van der Waals surface area contributed by atoms with Crippen LogP contribution >= 0.6 is 0 Å². The number of carbonyl (C=O) groups is 2. The lowest BCUT2D eigenvalue weighted by Crippen LogP contribution is -2.35. The molecule has 2 heterocycles. The minimum atomic E-state index is -3.77. The number of benzene rings is 1. The highest BCUT2D eigenvalue weighted by Gasteiger charge is 2.29. The maximum absolute atomic E-state index is 13.1. The number of carbonyl (C=O) groups excluding carboxylic acids is 2. The van der Waals surface area contributed by atoms with Gasteiger partial charge in [0.2, 0.25) is 10.0 Å². The van der Waals surface area contributed by atoms with E-state index >= 15 is 0 Å². The third-order valence-electron chi connectivity index (χ3n) is 4.98. The summed E-state index contributed by atoms with van der Waals surface area (Å²) in [6.07, 6.45) is 2.61. The lowest BCUT2D eigenvalue weighted by atomic mass is 10.2. The van der Waals surface area contributed by atoms with E-state index in [4.69, 9.17) is 13.9 Å². The van der Waals surface area contributed by atoms with Gasteiger partial charge < -0.3 is 19.2 Å². The number of anilines is 1. The van der Waals surface area contributed by atoms with Crippen molar-refractivity contribution in [2.75, 3.05) is 32.1 Å². The molecule has 1 aromatic carbocycles. The van der Waals surface area contributed by atoms with Crippen LogP contribution < -0.4 is 10.1 Å². The molecule has 1 aliphatic rings. The predicted molar refractivity (Wildman–Crippen MR) is 113 cm³/mol. The largest absolute Gasteiger partial charge is 0.495 e. The smallest absolute Gasteiger partial charge is 0.342 e. The van der Waals surface area contributed by atoms with Gasteiger partial charge in [0.1, 0.15) is 27.7 Å². The number of ether oxygens (including phenoxy) is 2. The average Bonchev–Trinajstić information content (AvgIpc) is 3.10. The molecule has 0 aliphatic carbocycles. The van der Waals surface area contributed by atoms with Crippen molar-refractivity contribution in [3.05, 3.63) is 41.3 Å². The van der Waals surface area contributed by atoms with Gasteiger partial charge in [0, 0.05) is 18.8 Å². The van der Waals surface area contributed by atoms with Crippen LogP contribution in [-0.2, 0) is 19.6 Å². The fraction of sp³-hybridized carbons (Fsp3) is 0.429. The first-order valence-electron chi connectivity index (χ1n) is 9.94. The third-order valence-corrected chi connectivity index (χ3v) is 6.90. The van der Waals surface area contributed by atoms with Crippen molar-refractivity contribution in [2.24, 2.45) is 0 Å². The highest BCUT2D eigenvalue weighted by atomic mass is 32.2. The Morgan fingerprint density at radius 2 is 1.84 bits per heavy atom. The van der Waals surface area contributed by atoms with Gasteiger partial charge in [0.25, 0.3) is 5.91 Å². The summed E-state index contributed by atoms with van der Waals surface area (Å²) in [7, 11) is -2.38. The number of rotatable bonds is 7. The number of hydrogen-bond acceptors (Lipinski definition) is 7. The quantitative estimate of drug-likeness (QED) is 0.645. The van der Waals surface area contributed by atoms with Gasteiger partial charge in [0.15, 0.2) is 6.61 Å². The normalized spacial score (nSPS) is 14.8. The second-order valence-electron chi connectivity index (χ2n) is 7.28. The second-order valence-corrected chi connectivity index (χ2v) is 9.19. The number of piperidine rings is 1. The molecule has 10 heteroatoms. The van der Waals surface area contributed by atoms with Gasteiger partial charge in [0.05, 0.1) is 7.11 Å². The van der Waals surface area contributed by atoms with Gasteiger partial charge in [-0.2, -0.15) is 4.31 Å². The van der Waals surface area contributed by atoms with Crippen LogP contribution in [0.2, 0.25) is 0 Å². The molecule has 0 radical (unpaired) electrons. The van der Waals surface area contributed by atoms with Crippen LogP contribution in [-0.4, -0.2) is 51.4 Å². The van der Waals surface area contributed by atoms with Crippen LogP contribution in [0.25, 0.3) is 0 Å². The molecule has 9 nitrogen and oxygen atoms in total. The lowest BCUT2D eigenvalue weighted by molar-refractivity contribution is -0.119. The Morgan fingerprint density at radius 3 is 2.45 bits per heavy atom. The number of aryl methyl sites for hydroxylation is 2. The number of methoxy groups -OCH3 is 1. The minimum absolute atomic E-state index is 0.0174. The summed E-state index contributed by atoms with van der Waals surface area (Å²) in [4.78, 5) is 24.4. The molecule has 0 unspecified atom stereocenters. The molecule has 31 heavy (non-hydrogen) atoms. The Bertz CT molecular complexity index is 1070. The molecule has 1 aromatic heterocycles. The van der Waals surface area contributed by atoms with Gasteiger partial charge in [-0.1, -0.05) is 6.42 Å². The molecule has 3 rings (SSSR count). The molecule has 0 spiro atoms. The van der Waals surface area contributed by atoms with Crippen molar-refractivity contribution < 1.29 is 31.9 Å². The van der Waals surface area contributed by atoms with Gasteiger partial charge in [-0.25, -0.2) is 13.2 Å². The highest BCUT2D eigenvalue weighted by Crippen LogP contribution is 2.31. The first-order valence-corrected chi connectivity index (χ1v) is 11.4. The van der Waals surface area contributed by atoms with E-state index in [0.717, 1.165) is 19.3 Å². The molecule has 2 aromatic rings. The molecule has 0 saturated carbocycles. The number of furan rings is 1. The molecule has 0 bridgehead atoms. The fourth-order valence-electron chi connectivity index (χ4n) is 3.44. The van der Waals surface area contributed by atoms with Crippen molar-refractivity contribution in [2.45, 2.75) is 38.0 Å². The van der Waals surface area contributed by atoms with E-state index in [0.29, 0.717) is 24.6 Å².